The molecule has 18 heavy (non-hydrogen) atoms. The van der Waals surface area contributed by atoms with Gasteiger partial charge in [-0.05, 0) is 52.2 Å². The van der Waals surface area contributed by atoms with Gasteiger partial charge >= 0.3 is 0 Å². The summed E-state index contributed by atoms with van der Waals surface area (Å²) in [5.41, 5.74) is 2.78. The number of aryl methyl sites for hydroxylation is 1. The van der Waals surface area contributed by atoms with Gasteiger partial charge in [0, 0.05) is 15.5 Å². The number of para-hydroxylation sites is 1. The molecule has 1 nitrogen and oxygen atoms in total. The van der Waals surface area contributed by atoms with Crippen LogP contribution in [0.25, 0.3) is 0 Å². The van der Waals surface area contributed by atoms with Gasteiger partial charge in [0.05, 0.1) is 5.69 Å². The normalized spacial score (nSPS) is 10.4. The van der Waals surface area contributed by atoms with Crippen molar-refractivity contribution < 1.29 is 4.39 Å². The number of anilines is 1. The smallest absolute Gasteiger partial charge is 0.147 e. The van der Waals surface area contributed by atoms with E-state index in [1.165, 1.54) is 11.6 Å². The SMILES string of the molecule is Cc1cc(CNc2c(F)cccc2Br)ccc1Br. The van der Waals surface area contributed by atoms with Crippen LogP contribution in [0.3, 0.4) is 0 Å². The molecular formula is C14H12Br2FN. The van der Waals surface area contributed by atoms with Gasteiger partial charge in [0.25, 0.3) is 0 Å². The second kappa shape index (κ2) is 5.85. The quantitative estimate of drug-likeness (QED) is 0.773. The van der Waals surface area contributed by atoms with Gasteiger partial charge in [-0.2, -0.15) is 0 Å². The Bertz CT molecular complexity index is 549. The molecule has 2 rings (SSSR count). The van der Waals surface area contributed by atoms with Gasteiger partial charge in [-0.15, -0.1) is 0 Å². The van der Waals surface area contributed by atoms with Gasteiger partial charge in [0.15, 0.2) is 0 Å². The van der Waals surface area contributed by atoms with E-state index < -0.39 is 0 Å². The Balaban J connectivity index is 2.14. The first-order valence-electron chi connectivity index (χ1n) is 5.51. The number of hydrogen-bond donors (Lipinski definition) is 1. The highest BCUT2D eigenvalue weighted by molar-refractivity contribution is 9.10. The predicted molar refractivity (Wildman–Crippen MR) is 80.3 cm³/mol. The summed E-state index contributed by atoms with van der Waals surface area (Å²) in [4.78, 5) is 0. The molecule has 0 bridgehead atoms. The highest BCUT2D eigenvalue weighted by atomic mass is 79.9. The molecule has 0 aliphatic rings. The standard InChI is InChI=1S/C14H12Br2FN/c1-9-7-10(5-6-11(9)15)8-18-14-12(16)3-2-4-13(14)17/h2-7,18H,8H2,1H3. The second-order valence-electron chi connectivity index (χ2n) is 4.03. The van der Waals surface area contributed by atoms with Crippen molar-refractivity contribution in [3.63, 3.8) is 0 Å². The van der Waals surface area contributed by atoms with Crippen molar-refractivity contribution in [2.45, 2.75) is 13.5 Å². The molecular weight excluding hydrogens is 361 g/mol. The third kappa shape index (κ3) is 3.12. The number of halogens is 3. The molecule has 0 spiro atoms. The van der Waals surface area contributed by atoms with Gasteiger partial charge in [-0.25, -0.2) is 4.39 Å². The molecule has 2 aromatic carbocycles. The lowest BCUT2D eigenvalue weighted by molar-refractivity contribution is 0.629. The van der Waals surface area contributed by atoms with Crippen LogP contribution in [-0.4, -0.2) is 0 Å². The predicted octanol–water partition coefficient (Wildman–Crippen LogP) is 5.27. The Hall–Kier alpha value is -0.870. The van der Waals surface area contributed by atoms with Crippen molar-refractivity contribution >= 4 is 37.5 Å². The zero-order valence-electron chi connectivity index (χ0n) is 9.81. The Kier molecular flexibility index (Phi) is 4.40. The van der Waals surface area contributed by atoms with Gasteiger partial charge in [0.1, 0.15) is 5.82 Å². The Labute approximate surface area is 123 Å². The summed E-state index contributed by atoms with van der Waals surface area (Å²) in [6.07, 6.45) is 0. The summed E-state index contributed by atoms with van der Waals surface area (Å²) in [6, 6.07) is 11.0. The lowest BCUT2D eigenvalue weighted by Gasteiger charge is -2.10. The summed E-state index contributed by atoms with van der Waals surface area (Å²) in [6.45, 7) is 2.63. The van der Waals surface area contributed by atoms with E-state index in [2.05, 4.69) is 43.2 Å². The fourth-order valence-electron chi connectivity index (χ4n) is 1.67. The van der Waals surface area contributed by atoms with E-state index in [1.54, 1.807) is 6.07 Å². The summed E-state index contributed by atoms with van der Waals surface area (Å²) in [5, 5.41) is 3.11. The van der Waals surface area contributed by atoms with E-state index in [1.807, 2.05) is 25.1 Å². The molecule has 0 fully saturated rings. The monoisotopic (exact) mass is 371 g/mol. The first kappa shape index (κ1) is 13.6. The average molecular weight is 373 g/mol. The molecule has 0 saturated heterocycles. The molecule has 0 aliphatic carbocycles. The number of rotatable bonds is 3. The molecule has 0 unspecified atom stereocenters. The van der Waals surface area contributed by atoms with E-state index in [0.717, 1.165) is 14.5 Å². The molecule has 1 N–H and O–H groups in total. The lowest BCUT2D eigenvalue weighted by Crippen LogP contribution is -2.02. The van der Waals surface area contributed by atoms with E-state index in [0.29, 0.717) is 12.2 Å². The highest BCUT2D eigenvalue weighted by Crippen LogP contribution is 2.26. The van der Waals surface area contributed by atoms with E-state index in [4.69, 9.17) is 0 Å². The maximum atomic E-state index is 13.6. The van der Waals surface area contributed by atoms with Crippen LogP contribution in [-0.2, 0) is 6.54 Å². The molecule has 0 heterocycles. The van der Waals surface area contributed by atoms with Crippen molar-refractivity contribution in [3.05, 3.63) is 62.3 Å². The number of hydrogen-bond acceptors (Lipinski definition) is 1. The van der Waals surface area contributed by atoms with Crippen molar-refractivity contribution in [2.75, 3.05) is 5.32 Å². The van der Waals surface area contributed by atoms with Crippen LogP contribution in [0.2, 0.25) is 0 Å². The van der Waals surface area contributed by atoms with Crippen LogP contribution in [0.15, 0.2) is 45.3 Å². The van der Waals surface area contributed by atoms with Gasteiger partial charge in [-0.3, -0.25) is 0 Å². The minimum absolute atomic E-state index is 0.252. The van der Waals surface area contributed by atoms with Crippen LogP contribution in [0.4, 0.5) is 10.1 Å². The minimum Gasteiger partial charge on any atom is -0.378 e. The number of benzene rings is 2. The molecule has 0 saturated carbocycles. The molecule has 0 radical (unpaired) electrons. The highest BCUT2D eigenvalue weighted by Gasteiger charge is 2.06. The Morgan fingerprint density at radius 1 is 1.11 bits per heavy atom. The van der Waals surface area contributed by atoms with Crippen molar-refractivity contribution in [3.8, 4) is 0 Å². The van der Waals surface area contributed by atoms with Crippen LogP contribution >= 0.6 is 31.9 Å². The Morgan fingerprint density at radius 3 is 2.56 bits per heavy atom. The van der Waals surface area contributed by atoms with Crippen molar-refractivity contribution in [2.24, 2.45) is 0 Å². The molecule has 0 atom stereocenters. The fraction of sp³-hybridized carbons (Fsp3) is 0.143. The summed E-state index contributed by atoms with van der Waals surface area (Å²) in [7, 11) is 0. The molecule has 2 aromatic rings. The molecule has 94 valence electrons. The second-order valence-corrected chi connectivity index (χ2v) is 5.74. The Morgan fingerprint density at radius 2 is 1.89 bits per heavy atom. The minimum atomic E-state index is -0.252. The molecule has 4 heteroatoms. The van der Waals surface area contributed by atoms with E-state index >= 15 is 0 Å². The number of nitrogens with one attached hydrogen (secondary N) is 1. The third-order valence-corrected chi connectivity index (χ3v) is 4.20. The zero-order chi connectivity index (χ0) is 13.1. The lowest BCUT2D eigenvalue weighted by atomic mass is 10.1. The van der Waals surface area contributed by atoms with Gasteiger partial charge < -0.3 is 5.32 Å². The van der Waals surface area contributed by atoms with E-state index in [9.17, 15) is 4.39 Å². The summed E-state index contributed by atoms with van der Waals surface area (Å²) < 4.78 is 15.4. The van der Waals surface area contributed by atoms with Crippen LogP contribution < -0.4 is 5.32 Å². The largest absolute Gasteiger partial charge is 0.378 e. The van der Waals surface area contributed by atoms with Crippen molar-refractivity contribution in [1.82, 2.24) is 0 Å². The third-order valence-electron chi connectivity index (χ3n) is 2.65. The molecule has 0 aliphatic heterocycles. The van der Waals surface area contributed by atoms with Crippen LogP contribution in [0.5, 0.6) is 0 Å². The summed E-state index contributed by atoms with van der Waals surface area (Å²) in [5.74, 6) is -0.252. The van der Waals surface area contributed by atoms with Crippen LogP contribution in [0, 0.1) is 12.7 Å². The van der Waals surface area contributed by atoms with Gasteiger partial charge in [-0.1, -0.05) is 34.1 Å². The van der Waals surface area contributed by atoms with Gasteiger partial charge in [0.2, 0.25) is 0 Å². The average Bonchev–Trinajstić information content (AvgIpc) is 2.33. The maximum absolute atomic E-state index is 13.6. The topological polar surface area (TPSA) is 12.0 Å². The summed E-state index contributed by atoms with van der Waals surface area (Å²) >= 11 is 6.80. The van der Waals surface area contributed by atoms with Crippen molar-refractivity contribution in [1.29, 1.82) is 0 Å². The fourth-order valence-corrected chi connectivity index (χ4v) is 2.40. The first-order valence-corrected chi connectivity index (χ1v) is 7.09. The maximum Gasteiger partial charge on any atom is 0.147 e. The molecule has 0 amide bonds. The first-order chi connectivity index (χ1) is 8.58. The zero-order valence-corrected chi connectivity index (χ0v) is 13.0. The van der Waals surface area contributed by atoms with E-state index in [-0.39, 0.29) is 5.82 Å². The molecule has 0 aromatic heterocycles. The van der Waals surface area contributed by atoms with Crippen LogP contribution in [0.1, 0.15) is 11.1 Å².